The molecule has 0 aliphatic rings. The molecule has 0 saturated carbocycles. The number of hydrogen-bond donors (Lipinski definition) is 0. The maximum Gasteiger partial charge on any atom is 0.341 e. The van der Waals surface area contributed by atoms with Crippen LogP contribution in [0.15, 0.2) is 136 Å². The van der Waals surface area contributed by atoms with Crippen molar-refractivity contribution in [1.29, 1.82) is 0 Å². The number of benzene rings is 2. The Morgan fingerprint density at radius 1 is 0.632 bits per heavy atom. The molecule has 57 heavy (non-hydrogen) atoms. The lowest BCUT2D eigenvalue weighted by Crippen LogP contribution is -2.23. The summed E-state index contributed by atoms with van der Waals surface area (Å²) in [5.41, 5.74) is 6.18. The maximum atomic E-state index is 14.9. The molecule has 10 nitrogen and oxygen atoms in total. The number of fused-ring (bicyclic) bond motifs is 2. The van der Waals surface area contributed by atoms with Crippen molar-refractivity contribution in [2.45, 2.75) is 26.9 Å². The Hall–Kier alpha value is -6.73. The van der Waals surface area contributed by atoms with Gasteiger partial charge in [0.05, 0.1) is 46.5 Å². The van der Waals surface area contributed by atoms with Gasteiger partial charge in [0.25, 0.3) is 11.1 Å². The number of aromatic nitrogens is 6. The topological polar surface area (TPSA) is 122 Å². The number of ether oxygens (including phenoxy) is 1. The number of nitrogens with zero attached hydrogens (tertiary/aromatic N) is 6. The molecule has 284 valence electrons. The van der Waals surface area contributed by atoms with E-state index in [1.807, 2.05) is 44.2 Å². The van der Waals surface area contributed by atoms with Crippen LogP contribution in [0.3, 0.4) is 0 Å². The average Bonchev–Trinajstić information content (AvgIpc) is 3.22. The molecule has 13 heteroatoms. The van der Waals surface area contributed by atoms with E-state index in [0.717, 1.165) is 28.1 Å². The molecule has 6 heterocycles. The number of pyridine rings is 6. The third-order valence-corrected chi connectivity index (χ3v) is 9.87. The first-order valence-electron chi connectivity index (χ1n) is 17.6. The Balaban J connectivity index is 0.000000175. The van der Waals surface area contributed by atoms with E-state index < -0.39 is 11.8 Å². The first-order valence-corrected chi connectivity index (χ1v) is 18.4. The summed E-state index contributed by atoms with van der Waals surface area (Å²) < 4.78 is 37.9. The maximum absolute atomic E-state index is 14.9. The molecule has 0 saturated heterocycles. The van der Waals surface area contributed by atoms with Crippen LogP contribution in [0.25, 0.3) is 44.1 Å². The Labute approximate surface area is 333 Å². The van der Waals surface area contributed by atoms with Gasteiger partial charge in [0.1, 0.15) is 17.2 Å². The number of hydrogen-bond acceptors (Lipinski definition) is 8. The first kappa shape index (κ1) is 38.5. The van der Waals surface area contributed by atoms with Gasteiger partial charge in [-0.05, 0) is 113 Å². The number of aryl methyl sites for hydroxylation is 2. The minimum Gasteiger partial charge on any atom is -0.465 e. The van der Waals surface area contributed by atoms with Crippen LogP contribution in [0, 0.1) is 25.5 Å². The number of rotatable bonds is 7. The molecule has 0 amide bonds. The summed E-state index contributed by atoms with van der Waals surface area (Å²) in [6.07, 6.45) is 9.53. The zero-order chi connectivity index (χ0) is 40.2. The van der Waals surface area contributed by atoms with Crippen LogP contribution >= 0.6 is 15.9 Å². The lowest BCUT2D eigenvalue weighted by atomic mass is 10.0. The van der Waals surface area contributed by atoms with Crippen molar-refractivity contribution in [1.82, 2.24) is 29.1 Å². The molecule has 0 radical (unpaired) electrons. The Morgan fingerprint density at radius 2 is 1.11 bits per heavy atom. The summed E-state index contributed by atoms with van der Waals surface area (Å²) in [7, 11) is 1.26. The van der Waals surface area contributed by atoms with Gasteiger partial charge in [-0.15, -0.1) is 0 Å². The second-order valence-electron chi connectivity index (χ2n) is 13.2. The third kappa shape index (κ3) is 8.29. The SMILES string of the molecule is COC(=O)c1cn(Cc2ccc(-c3ccnc(C)c3)cc2F)c(=O)c2cccnc12.Cc1cc(-c2ccc(Cn3cc(Br)c4ncccc4c3=O)c(F)c2)ccn1. The normalized spacial score (nSPS) is 11.0. The van der Waals surface area contributed by atoms with Gasteiger partial charge in [-0.2, -0.15) is 0 Å². The average molecular weight is 828 g/mol. The molecule has 0 unspecified atom stereocenters. The van der Waals surface area contributed by atoms with Crippen molar-refractivity contribution in [3.8, 4) is 22.3 Å². The van der Waals surface area contributed by atoms with E-state index in [1.165, 1.54) is 40.8 Å². The fourth-order valence-corrected chi connectivity index (χ4v) is 6.99. The minimum atomic E-state index is -0.615. The van der Waals surface area contributed by atoms with E-state index in [1.54, 1.807) is 67.3 Å². The quantitative estimate of drug-likeness (QED) is 0.147. The summed E-state index contributed by atoms with van der Waals surface area (Å²) in [5.74, 6) is -1.41. The lowest BCUT2D eigenvalue weighted by Gasteiger charge is -2.12. The molecule has 0 aliphatic carbocycles. The lowest BCUT2D eigenvalue weighted by molar-refractivity contribution is 0.0601. The number of carbonyl (C=O) groups is 1. The number of halogens is 3. The molecule has 6 aromatic heterocycles. The van der Waals surface area contributed by atoms with Crippen LogP contribution in [0.4, 0.5) is 8.78 Å². The van der Waals surface area contributed by atoms with Crippen LogP contribution < -0.4 is 11.1 Å². The molecule has 0 aliphatic heterocycles. The summed E-state index contributed by atoms with van der Waals surface area (Å²) in [6.45, 7) is 3.88. The van der Waals surface area contributed by atoms with Gasteiger partial charge in [0, 0.05) is 59.7 Å². The van der Waals surface area contributed by atoms with Crippen LogP contribution in [0.5, 0.6) is 0 Å². The van der Waals surface area contributed by atoms with Gasteiger partial charge in [0.15, 0.2) is 0 Å². The molecule has 2 aromatic carbocycles. The summed E-state index contributed by atoms with van der Waals surface area (Å²) in [6, 6.07) is 24.0. The van der Waals surface area contributed by atoms with Crippen molar-refractivity contribution in [2.75, 3.05) is 7.11 Å². The molecule has 0 bridgehead atoms. The van der Waals surface area contributed by atoms with Crippen LogP contribution in [-0.4, -0.2) is 42.1 Å². The zero-order valence-electron chi connectivity index (χ0n) is 30.9. The van der Waals surface area contributed by atoms with E-state index in [9.17, 15) is 23.2 Å². The van der Waals surface area contributed by atoms with E-state index in [-0.39, 0.29) is 46.5 Å². The fourth-order valence-electron chi connectivity index (χ4n) is 6.42. The Morgan fingerprint density at radius 3 is 1.60 bits per heavy atom. The fraction of sp³-hybridized carbons (Fsp3) is 0.114. The van der Waals surface area contributed by atoms with Crippen molar-refractivity contribution in [2.24, 2.45) is 0 Å². The van der Waals surface area contributed by atoms with Crippen molar-refractivity contribution in [3.05, 3.63) is 187 Å². The highest BCUT2D eigenvalue weighted by Crippen LogP contribution is 2.25. The smallest absolute Gasteiger partial charge is 0.341 e. The second-order valence-corrected chi connectivity index (χ2v) is 14.0. The van der Waals surface area contributed by atoms with E-state index >= 15 is 0 Å². The minimum absolute atomic E-state index is 0.0326. The molecule has 8 rings (SSSR count). The molecule has 0 atom stereocenters. The van der Waals surface area contributed by atoms with Gasteiger partial charge in [0.2, 0.25) is 0 Å². The van der Waals surface area contributed by atoms with E-state index in [4.69, 9.17) is 4.74 Å². The van der Waals surface area contributed by atoms with Gasteiger partial charge in [-0.1, -0.05) is 24.3 Å². The molecule has 8 aromatic rings. The highest BCUT2D eigenvalue weighted by molar-refractivity contribution is 9.10. The Bertz CT molecular complexity index is 2950. The van der Waals surface area contributed by atoms with E-state index in [0.29, 0.717) is 32.1 Å². The highest BCUT2D eigenvalue weighted by Gasteiger charge is 2.18. The van der Waals surface area contributed by atoms with Crippen LogP contribution in [0.1, 0.15) is 32.9 Å². The van der Waals surface area contributed by atoms with Crippen LogP contribution in [-0.2, 0) is 17.8 Å². The first-order chi connectivity index (χ1) is 27.5. The van der Waals surface area contributed by atoms with Crippen molar-refractivity contribution >= 4 is 43.7 Å². The summed E-state index contributed by atoms with van der Waals surface area (Å²) in [4.78, 5) is 54.4. The van der Waals surface area contributed by atoms with Gasteiger partial charge < -0.3 is 13.9 Å². The molecule has 0 spiro atoms. The Kier molecular flexibility index (Phi) is 11.2. The number of esters is 1. The number of methoxy groups -OCH3 is 1. The monoisotopic (exact) mass is 826 g/mol. The van der Waals surface area contributed by atoms with E-state index in [2.05, 4.69) is 35.9 Å². The van der Waals surface area contributed by atoms with Crippen molar-refractivity contribution in [3.63, 3.8) is 0 Å². The summed E-state index contributed by atoms with van der Waals surface area (Å²) >= 11 is 3.44. The zero-order valence-corrected chi connectivity index (χ0v) is 32.5. The molecule has 0 fully saturated rings. The standard InChI is InChI=1S/C23H18FN3O3.C21H15BrFN3O/c1-14-10-16(7-9-25-14)15-5-6-17(20(24)11-15)12-27-13-19(23(29)30-2)21-18(22(27)28)4-3-8-26-21;1-13-9-15(6-8-24-13)14-4-5-16(19(23)10-14)11-26-12-18(22)20-17(21(26)27)3-2-7-25-20/h3-11,13H,12H2,1-2H3;2-10,12H,11H2,1H3. The predicted molar refractivity (Wildman–Crippen MR) is 218 cm³/mol. The van der Waals surface area contributed by atoms with Gasteiger partial charge in [-0.25, -0.2) is 13.6 Å². The van der Waals surface area contributed by atoms with Gasteiger partial charge >= 0.3 is 5.97 Å². The largest absolute Gasteiger partial charge is 0.465 e. The third-order valence-electron chi connectivity index (χ3n) is 9.29. The van der Waals surface area contributed by atoms with Gasteiger partial charge in [-0.3, -0.25) is 29.5 Å². The molecule has 0 N–H and O–H groups in total. The molecular weight excluding hydrogens is 794 g/mol. The molecular formula is C44H33BrF2N6O4. The predicted octanol–water partition coefficient (Wildman–Crippen LogP) is 8.46. The number of carbonyl (C=O) groups excluding carboxylic acids is 1. The highest BCUT2D eigenvalue weighted by atomic mass is 79.9. The van der Waals surface area contributed by atoms with Crippen LogP contribution in [0.2, 0.25) is 0 Å². The summed E-state index contributed by atoms with van der Waals surface area (Å²) in [5, 5.41) is 0.765. The second kappa shape index (κ2) is 16.6. The van der Waals surface area contributed by atoms with Crippen molar-refractivity contribution < 1.29 is 18.3 Å².